The summed E-state index contributed by atoms with van der Waals surface area (Å²) in [5.41, 5.74) is 2.08. The number of nitrogens with zero attached hydrogens (tertiary/aromatic N) is 4. The molecule has 1 unspecified atom stereocenters. The zero-order chi connectivity index (χ0) is 22.5. The molecule has 8 nitrogen and oxygen atoms in total. The van der Waals surface area contributed by atoms with Gasteiger partial charge < -0.3 is 5.32 Å². The fraction of sp³-hybridized carbons (Fsp3) is 0.0870. The van der Waals surface area contributed by atoms with E-state index in [1.165, 1.54) is 35.5 Å². The van der Waals surface area contributed by atoms with Crippen LogP contribution in [0.3, 0.4) is 0 Å². The standard InChI is InChI=1S/C23H18ClN5O3/c24-19-9-6-16(7-10-19)12-20(17-4-2-1-3-5-17)27-23(30)18-8-11-21(22(13-18)29(31)32)28-15-25-14-26-28/h1-11,13-15,20H,12H2,(H,27,30). The number of benzene rings is 3. The normalized spacial score (nSPS) is 11.7. The number of hydrogen-bond acceptors (Lipinski definition) is 5. The van der Waals surface area contributed by atoms with E-state index in [0.717, 1.165) is 11.1 Å². The fourth-order valence-corrected chi connectivity index (χ4v) is 3.50. The molecule has 0 fully saturated rings. The van der Waals surface area contributed by atoms with Gasteiger partial charge in [0.1, 0.15) is 18.3 Å². The predicted molar refractivity (Wildman–Crippen MR) is 120 cm³/mol. The summed E-state index contributed by atoms with van der Waals surface area (Å²) in [7, 11) is 0. The maximum Gasteiger partial charge on any atom is 0.295 e. The molecule has 1 N–H and O–H groups in total. The summed E-state index contributed by atoms with van der Waals surface area (Å²) in [6.07, 6.45) is 3.18. The minimum atomic E-state index is -0.545. The van der Waals surface area contributed by atoms with Crippen LogP contribution < -0.4 is 5.32 Å². The van der Waals surface area contributed by atoms with Gasteiger partial charge in [0.2, 0.25) is 0 Å². The van der Waals surface area contributed by atoms with E-state index in [-0.39, 0.29) is 23.0 Å². The van der Waals surface area contributed by atoms with Gasteiger partial charge >= 0.3 is 0 Å². The predicted octanol–water partition coefficient (Wildman–Crippen LogP) is 4.54. The number of nitro benzene ring substituents is 1. The number of amides is 1. The van der Waals surface area contributed by atoms with E-state index in [9.17, 15) is 14.9 Å². The van der Waals surface area contributed by atoms with E-state index in [1.807, 2.05) is 42.5 Å². The van der Waals surface area contributed by atoms with Crippen molar-refractivity contribution in [3.8, 4) is 5.69 Å². The fourth-order valence-electron chi connectivity index (χ4n) is 3.37. The Bertz CT molecular complexity index is 1230. The Morgan fingerprint density at radius 1 is 1.09 bits per heavy atom. The molecule has 0 aliphatic carbocycles. The van der Waals surface area contributed by atoms with Gasteiger partial charge in [-0.05, 0) is 41.8 Å². The topological polar surface area (TPSA) is 103 Å². The van der Waals surface area contributed by atoms with Crippen LogP contribution in [0, 0.1) is 10.1 Å². The Labute approximate surface area is 188 Å². The van der Waals surface area contributed by atoms with Crippen molar-refractivity contribution in [2.24, 2.45) is 0 Å². The Kier molecular flexibility index (Phi) is 6.23. The first kappa shape index (κ1) is 21.2. The quantitative estimate of drug-likeness (QED) is 0.331. The van der Waals surface area contributed by atoms with Crippen molar-refractivity contribution in [2.75, 3.05) is 0 Å². The highest BCUT2D eigenvalue weighted by Gasteiger charge is 2.22. The first-order valence-corrected chi connectivity index (χ1v) is 10.1. The Balaban J connectivity index is 1.62. The van der Waals surface area contributed by atoms with Gasteiger partial charge in [-0.25, -0.2) is 9.67 Å². The molecule has 160 valence electrons. The number of nitro groups is 1. The van der Waals surface area contributed by atoms with Gasteiger partial charge in [0, 0.05) is 16.7 Å². The van der Waals surface area contributed by atoms with Crippen LogP contribution in [0.1, 0.15) is 27.5 Å². The van der Waals surface area contributed by atoms with Crippen LogP contribution in [0.5, 0.6) is 0 Å². The van der Waals surface area contributed by atoms with Crippen molar-refractivity contribution in [3.05, 3.63) is 117 Å². The Morgan fingerprint density at radius 2 is 1.84 bits per heavy atom. The molecule has 1 heterocycles. The first-order chi connectivity index (χ1) is 15.5. The monoisotopic (exact) mass is 447 g/mol. The van der Waals surface area contributed by atoms with E-state index in [0.29, 0.717) is 11.4 Å². The minimum Gasteiger partial charge on any atom is -0.345 e. The van der Waals surface area contributed by atoms with Crippen molar-refractivity contribution in [1.82, 2.24) is 20.1 Å². The van der Waals surface area contributed by atoms with Crippen LogP contribution in [0.4, 0.5) is 5.69 Å². The van der Waals surface area contributed by atoms with Crippen LogP contribution >= 0.6 is 11.6 Å². The van der Waals surface area contributed by atoms with E-state index in [1.54, 1.807) is 12.1 Å². The van der Waals surface area contributed by atoms with Crippen LogP contribution in [-0.2, 0) is 6.42 Å². The average Bonchev–Trinajstić information content (AvgIpc) is 3.35. The molecule has 1 aromatic heterocycles. The third kappa shape index (κ3) is 4.81. The molecule has 9 heteroatoms. The largest absolute Gasteiger partial charge is 0.345 e. The molecule has 0 saturated carbocycles. The average molecular weight is 448 g/mol. The summed E-state index contributed by atoms with van der Waals surface area (Å²) >= 11 is 5.98. The molecule has 4 rings (SSSR count). The summed E-state index contributed by atoms with van der Waals surface area (Å²) in [5.74, 6) is -0.416. The second-order valence-electron chi connectivity index (χ2n) is 7.07. The molecular weight excluding hydrogens is 430 g/mol. The third-order valence-electron chi connectivity index (χ3n) is 4.96. The maximum absolute atomic E-state index is 13.1. The molecule has 3 aromatic carbocycles. The molecule has 0 saturated heterocycles. The second-order valence-corrected chi connectivity index (χ2v) is 7.50. The lowest BCUT2D eigenvalue weighted by Gasteiger charge is -2.20. The summed E-state index contributed by atoms with van der Waals surface area (Å²) in [5, 5.41) is 19.2. The molecule has 0 bridgehead atoms. The highest BCUT2D eigenvalue weighted by molar-refractivity contribution is 6.30. The summed E-state index contributed by atoms with van der Waals surface area (Å²) < 4.78 is 1.28. The zero-order valence-corrected chi connectivity index (χ0v) is 17.5. The van der Waals surface area contributed by atoms with E-state index in [4.69, 9.17) is 11.6 Å². The highest BCUT2D eigenvalue weighted by Crippen LogP contribution is 2.25. The third-order valence-corrected chi connectivity index (χ3v) is 5.21. The van der Waals surface area contributed by atoms with Crippen LogP contribution in [0.15, 0.2) is 85.5 Å². The van der Waals surface area contributed by atoms with E-state index in [2.05, 4.69) is 15.4 Å². The van der Waals surface area contributed by atoms with Crippen molar-refractivity contribution in [1.29, 1.82) is 0 Å². The molecule has 0 aliphatic rings. The maximum atomic E-state index is 13.1. The smallest absolute Gasteiger partial charge is 0.295 e. The summed E-state index contributed by atoms with van der Waals surface area (Å²) in [6, 6.07) is 20.9. The molecule has 0 spiro atoms. The SMILES string of the molecule is O=C(NC(Cc1ccc(Cl)cc1)c1ccccc1)c1ccc(-n2cncn2)c([N+](=O)[O-])c1. The summed E-state index contributed by atoms with van der Waals surface area (Å²) in [6.45, 7) is 0. The van der Waals surface area contributed by atoms with Gasteiger partial charge in [0.25, 0.3) is 11.6 Å². The molecule has 32 heavy (non-hydrogen) atoms. The van der Waals surface area contributed by atoms with Gasteiger partial charge in [-0.2, -0.15) is 5.10 Å². The zero-order valence-electron chi connectivity index (χ0n) is 16.8. The number of carbonyl (C=O) groups is 1. The number of halogens is 1. The summed E-state index contributed by atoms with van der Waals surface area (Å²) in [4.78, 5) is 27.9. The van der Waals surface area contributed by atoms with Crippen molar-refractivity contribution < 1.29 is 9.72 Å². The van der Waals surface area contributed by atoms with Gasteiger partial charge in [-0.3, -0.25) is 14.9 Å². The Hall–Kier alpha value is -4.04. The van der Waals surface area contributed by atoms with Gasteiger partial charge in [-0.15, -0.1) is 0 Å². The first-order valence-electron chi connectivity index (χ1n) is 9.75. The lowest BCUT2D eigenvalue weighted by atomic mass is 9.98. The minimum absolute atomic E-state index is 0.178. The van der Waals surface area contributed by atoms with E-state index < -0.39 is 10.8 Å². The highest BCUT2D eigenvalue weighted by atomic mass is 35.5. The molecule has 0 radical (unpaired) electrons. The lowest BCUT2D eigenvalue weighted by Crippen LogP contribution is -2.30. The van der Waals surface area contributed by atoms with Gasteiger partial charge in [-0.1, -0.05) is 54.1 Å². The Morgan fingerprint density at radius 3 is 2.50 bits per heavy atom. The second kappa shape index (κ2) is 9.40. The molecule has 1 amide bonds. The van der Waals surface area contributed by atoms with Gasteiger partial charge in [0.15, 0.2) is 0 Å². The number of hydrogen-bond donors (Lipinski definition) is 1. The lowest BCUT2D eigenvalue weighted by molar-refractivity contribution is -0.384. The van der Waals surface area contributed by atoms with Crippen molar-refractivity contribution >= 4 is 23.2 Å². The molecule has 4 aromatic rings. The van der Waals surface area contributed by atoms with Crippen LogP contribution in [0.2, 0.25) is 5.02 Å². The van der Waals surface area contributed by atoms with Crippen LogP contribution in [0.25, 0.3) is 5.69 Å². The number of nitrogens with one attached hydrogen (secondary N) is 1. The molecular formula is C23H18ClN5O3. The van der Waals surface area contributed by atoms with E-state index >= 15 is 0 Å². The number of rotatable bonds is 7. The number of carbonyl (C=O) groups excluding carboxylic acids is 1. The van der Waals surface area contributed by atoms with Crippen molar-refractivity contribution in [3.63, 3.8) is 0 Å². The number of aromatic nitrogens is 3. The molecule has 1 atom stereocenters. The van der Waals surface area contributed by atoms with Crippen LogP contribution in [-0.4, -0.2) is 25.6 Å². The molecule has 0 aliphatic heterocycles. The van der Waals surface area contributed by atoms with Crippen molar-refractivity contribution in [2.45, 2.75) is 12.5 Å². The van der Waals surface area contributed by atoms with Gasteiger partial charge in [0.05, 0.1) is 11.0 Å².